The average molecular weight is 205 g/mol. The molecule has 4 nitrogen and oxygen atoms in total. The molecule has 1 heterocycles. The standard InChI is InChI=1S/C11H15N3O/c1-9(7-12)14(2)8-10-5-4-6-11(13-10)15-3/h4-6,9H,8H2,1-3H3. The van der Waals surface area contributed by atoms with Gasteiger partial charge in [0.05, 0.1) is 24.9 Å². The van der Waals surface area contributed by atoms with Crippen molar-refractivity contribution < 1.29 is 4.74 Å². The number of ether oxygens (including phenoxy) is 1. The summed E-state index contributed by atoms with van der Waals surface area (Å²) >= 11 is 0. The number of nitriles is 1. The van der Waals surface area contributed by atoms with Crippen LogP contribution in [0.2, 0.25) is 0 Å². The fourth-order valence-corrected chi connectivity index (χ4v) is 1.15. The van der Waals surface area contributed by atoms with Crippen molar-refractivity contribution in [2.24, 2.45) is 0 Å². The molecule has 0 saturated heterocycles. The maximum atomic E-state index is 8.75. The van der Waals surface area contributed by atoms with E-state index in [1.165, 1.54) is 0 Å². The van der Waals surface area contributed by atoms with Crippen LogP contribution in [0.3, 0.4) is 0 Å². The van der Waals surface area contributed by atoms with Crippen molar-refractivity contribution in [3.05, 3.63) is 23.9 Å². The zero-order valence-electron chi connectivity index (χ0n) is 9.27. The number of rotatable bonds is 4. The largest absolute Gasteiger partial charge is 0.481 e. The summed E-state index contributed by atoms with van der Waals surface area (Å²) in [7, 11) is 3.49. The fourth-order valence-electron chi connectivity index (χ4n) is 1.15. The molecule has 0 spiro atoms. The molecule has 0 aliphatic rings. The van der Waals surface area contributed by atoms with E-state index in [1.807, 2.05) is 31.0 Å². The minimum absolute atomic E-state index is 0.113. The molecule has 15 heavy (non-hydrogen) atoms. The second-order valence-electron chi connectivity index (χ2n) is 3.39. The van der Waals surface area contributed by atoms with Gasteiger partial charge >= 0.3 is 0 Å². The van der Waals surface area contributed by atoms with E-state index in [9.17, 15) is 0 Å². The lowest BCUT2D eigenvalue weighted by Crippen LogP contribution is -2.27. The van der Waals surface area contributed by atoms with Crippen LogP contribution in [0.25, 0.3) is 0 Å². The van der Waals surface area contributed by atoms with E-state index in [2.05, 4.69) is 11.1 Å². The molecule has 0 aromatic carbocycles. The van der Waals surface area contributed by atoms with Gasteiger partial charge in [-0.05, 0) is 20.0 Å². The van der Waals surface area contributed by atoms with E-state index >= 15 is 0 Å². The van der Waals surface area contributed by atoms with Crippen molar-refractivity contribution in [1.29, 1.82) is 5.26 Å². The molecule has 1 rings (SSSR count). The van der Waals surface area contributed by atoms with Gasteiger partial charge < -0.3 is 4.74 Å². The molecule has 0 fully saturated rings. The lowest BCUT2D eigenvalue weighted by molar-refractivity contribution is 0.289. The highest BCUT2D eigenvalue weighted by molar-refractivity contribution is 5.15. The molecule has 1 atom stereocenters. The second kappa shape index (κ2) is 5.32. The first-order valence-electron chi connectivity index (χ1n) is 4.77. The Hall–Kier alpha value is -1.60. The van der Waals surface area contributed by atoms with Gasteiger partial charge in [0.25, 0.3) is 0 Å². The SMILES string of the molecule is COc1cccc(CN(C)C(C)C#N)n1. The van der Waals surface area contributed by atoms with Crippen molar-refractivity contribution in [1.82, 2.24) is 9.88 Å². The van der Waals surface area contributed by atoms with Crippen LogP contribution < -0.4 is 4.74 Å². The predicted octanol–water partition coefficient (Wildman–Crippen LogP) is 1.43. The van der Waals surface area contributed by atoms with Gasteiger partial charge in [-0.2, -0.15) is 5.26 Å². The van der Waals surface area contributed by atoms with Gasteiger partial charge in [0.2, 0.25) is 5.88 Å². The highest BCUT2D eigenvalue weighted by atomic mass is 16.5. The average Bonchev–Trinajstić information content (AvgIpc) is 2.28. The van der Waals surface area contributed by atoms with Crippen LogP contribution in [0.4, 0.5) is 0 Å². The third kappa shape index (κ3) is 3.22. The maximum Gasteiger partial charge on any atom is 0.213 e. The summed E-state index contributed by atoms with van der Waals surface area (Å²) in [4.78, 5) is 6.21. The Morgan fingerprint density at radius 2 is 2.33 bits per heavy atom. The molecule has 0 N–H and O–H groups in total. The number of hydrogen-bond acceptors (Lipinski definition) is 4. The van der Waals surface area contributed by atoms with Gasteiger partial charge in [0, 0.05) is 12.6 Å². The Balaban J connectivity index is 2.68. The quantitative estimate of drug-likeness (QED) is 0.746. The molecular weight excluding hydrogens is 190 g/mol. The van der Waals surface area contributed by atoms with Crippen LogP contribution in [0, 0.1) is 11.3 Å². The highest BCUT2D eigenvalue weighted by Gasteiger charge is 2.08. The molecule has 0 aliphatic heterocycles. The normalized spacial score (nSPS) is 12.2. The summed E-state index contributed by atoms with van der Waals surface area (Å²) in [6, 6.07) is 7.68. The van der Waals surface area contributed by atoms with E-state index in [-0.39, 0.29) is 6.04 Å². The minimum atomic E-state index is -0.113. The maximum absolute atomic E-state index is 8.75. The van der Waals surface area contributed by atoms with Crippen molar-refractivity contribution in [3.63, 3.8) is 0 Å². The zero-order valence-corrected chi connectivity index (χ0v) is 9.27. The van der Waals surface area contributed by atoms with Crippen LogP contribution in [-0.2, 0) is 6.54 Å². The first kappa shape index (κ1) is 11.5. The lowest BCUT2D eigenvalue weighted by atomic mass is 10.3. The Morgan fingerprint density at radius 3 is 2.93 bits per heavy atom. The Kier molecular flexibility index (Phi) is 4.07. The topological polar surface area (TPSA) is 49.1 Å². The Morgan fingerprint density at radius 1 is 1.60 bits per heavy atom. The van der Waals surface area contributed by atoms with Gasteiger partial charge in [0.1, 0.15) is 0 Å². The Bertz CT molecular complexity index is 359. The third-order valence-corrected chi connectivity index (χ3v) is 2.25. The van der Waals surface area contributed by atoms with Gasteiger partial charge in [-0.25, -0.2) is 4.98 Å². The second-order valence-corrected chi connectivity index (χ2v) is 3.39. The summed E-state index contributed by atoms with van der Waals surface area (Å²) in [6.07, 6.45) is 0. The number of aromatic nitrogens is 1. The van der Waals surface area contributed by atoms with E-state index in [4.69, 9.17) is 10.00 Å². The minimum Gasteiger partial charge on any atom is -0.481 e. The molecule has 0 radical (unpaired) electrons. The van der Waals surface area contributed by atoms with Gasteiger partial charge in [-0.15, -0.1) is 0 Å². The summed E-state index contributed by atoms with van der Waals surface area (Å²) in [6.45, 7) is 2.51. The summed E-state index contributed by atoms with van der Waals surface area (Å²) in [5.41, 5.74) is 0.902. The molecule has 4 heteroatoms. The molecule has 0 aliphatic carbocycles. The molecule has 0 bridgehead atoms. The van der Waals surface area contributed by atoms with Gasteiger partial charge in [0.15, 0.2) is 0 Å². The van der Waals surface area contributed by atoms with Crippen LogP contribution in [0.5, 0.6) is 5.88 Å². The molecule has 1 aromatic rings. The monoisotopic (exact) mass is 205 g/mol. The van der Waals surface area contributed by atoms with Crippen LogP contribution in [0.1, 0.15) is 12.6 Å². The number of methoxy groups -OCH3 is 1. The molecular formula is C11H15N3O. The molecule has 1 aromatic heterocycles. The van der Waals surface area contributed by atoms with Crippen molar-refractivity contribution in [3.8, 4) is 11.9 Å². The summed E-state index contributed by atoms with van der Waals surface area (Å²) < 4.78 is 5.03. The van der Waals surface area contributed by atoms with Crippen LogP contribution in [-0.4, -0.2) is 30.1 Å². The van der Waals surface area contributed by atoms with E-state index in [1.54, 1.807) is 13.2 Å². The van der Waals surface area contributed by atoms with E-state index in [0.717, 1.165) is 5.69 Å². The fraction of sp³-hybridized carbons (Fsp3) is 0.455. The van der Waals surface area contributed by atoms with E-state index in [0.29, 0.717) is 12.4 Å². The zero-order chi connectivity index (χ0) is 11.3. The summed E-state index contributed by atoms with van der Waals surface area (Å²) in [5, 5.41) is 8.75. The Labute approximate surface area is 90.1 Å². The highest BCUT2D eigenvalue weighted by Crippen LogP contribution is 2.09. The van der Waals surface area contributed by atoms with Crippen LogP contribution in [0.15, 0.2) is 18.2 Å². The molecule has 1 unspecified atom stereocenters. The molecule has 0 amide bonds. The number of pyridine rings is 1. The smallest absolute Gasteiger partial charge is 0.213 e. The van der Waals surface area contributed by atoms with Crippen molar-refractivity contribution in [2.45, 2.75) is 19.5 Å². The molecule has 0 saturated carbocycles. The van der Waals surface area contributed by atoms with Gasteiger partial charge in [-0.1, -0.05) is 6.07 Å². The van der Waals surface area contributed by atoms with Crippen LogP contribution >= 0.6 is 0 Å². The first-order chi connectivity index (χ1) is 7.17. The summed E-state index contributed by atoms with van der Waals surface area (Å²) in [5.74, 6) is 0.602. The number of hydrogen-bond donors (Lipinski definition) is 0. The van der Waals surface area contributed by atoms with Crippen molar-refractivity contribution in [2.75, 3.05) is 14.2 Å². The third-order valence-electron chi connectivity index (χ3n) is 2.25. The number of nitrogens with zero attached hydrogens (tertiary/aromatic N) is 3. The van der Waals surface area contributed by atoms with Gasteiger partial charge in [-0.3, -0.25) is 4.90 Å². The van der Waals surface area contributed by atoms with E-state index < -0.39 is 0 Å². The first-order valence-corrected chi connectivity index (χ1v) is 4.77. The lowest BCUT2D eigenvalue weighted by Gasteiger charge is -2.18. The predicted molar refractivity (Wildman–Crippen MR) is 57.3 cm³/mol. The van der Waals surface area contributed by atoms with Crippen molar-refractivity contribution >= 4 is 0 Å². The molecule has 80 valence electrons.